The van der Waals surface area contributed by atoms with Crippen molar-refractivity contribution < 1.29 is 13.5 Å². The number of hydrogen-bond donors (Lipinski definition) is 1. The largest absolute Gasteiger partial charge is 0.435 e. The molecule has 0 radical (unpaired) electrons. The lowest BCUT2D eigenvalue weighted by Crippen LogP contribution is -2.35. The first-order valence-corrected chi connectivity index (χ1v) is 7.91. The number of nitrogens with zero attached hydrogens (tertiary/aromatic N) is 3. The second-order valence-electron chi connectivity index (χ2n) is 5.85. The smallest absolute Gasteiger partial charge is 0.387 e. The van der Waals surface area contributed by atoms with Crippen LogP contribution in [-0.4, -0.2) is 28.9 Å². The van der Waals surface area contributed by atoms with E-state index in [0.29, 0.717) is 0 Å². The number of nitrogens with one attached hydrogen (secondary N) is 1. The number of hydrazine groups is 1. The Kier molecular flexibility index (Phi) is 4.15. The molecule has 3 heterocycles. The minimum atomic E-state index is -2.82. The van der Waals surface area contributed by atoms with E-state index >= 15 is 0 Å². The minimum absolute atomic E-state index is 0.0257. The van der Waals surface area contributed by atoms with E-state index in [4.69, 9.17) is 0 Å². The molecule has 0 aliphatic carbocycles. The van der Waals surface area contributed by atoms with Gasteiger partial charge in [-0.25, -0.2) is 5.43 Å². The van der Waals surface area contributed by atoms with Gasteiger partial charge in [0.2, 0.25) is 0 Å². The normalized spacial score (nSPS) is 24.6. The van der Waals surface area contributed by atoms with E-state index in [9.17, 15) is 8.78 Å². The second kappa shape index (κ2) is 6.60. The van der Waals surface area contributed by atoms with Gasteiger partial charge in [-0.2, -0.15) is 8.78 Å². The summed E-state index contributed by atoms with van der Waals surface area (Å²) in [6.45, 7) is -2.82. The van der Waals surface area contributed by atoms with Crippen molar-refractivity contribution in [2.75, 3.05) is 0 Å². The van der Waals surface area contributed by atoms with Crippen LogP contribution in [-0.2, 0) is 0 Å². The van der Waals surface area contributed by atoms with E-state index in [1.54, 1.807) is 30.7 Å². The first kappa shape index (κ1) is 15.7. The Hall–Kier alpha value is -2.80. The maximum absolute atomic E-state index is 12.3. The van der Waals surface area contributed by atoms with Gasteiger partial charge in [0, 0.05) is 36.9 Å². The van der Waals surface area contributed by atoms with Gasteiger partial charge < -0.3 is 9.75 Å². The van der Waals surface area contributed by atoms with E-state index in [0.717, 1.165) is 11.1 Å². The molecule has 1 aromatic carbocycles. The molecule has 4 rings (SSSR count). The third-order valence-electron chi connectivity index (χ3n) is 4.44. The number of rotatable bonds is 4. The van der Waals surface area contributed by atoms with E-state index in [-0.39, 0.29) is 23.8 Å². The molecule has 0 bridgehead atoms. The highest BCUT2D eigenvalue weighted by Gasteiger charge is 2.42. The zero-order valence-corrected chi connectivity index (χ0v) is 13.2. The van der Waals surface area contributed by atoms with Gasteiger partial charge in [-0.3, -0.25) is 9.98 Å². The molecule has 7 heteroatoms. The topological polar surface area (TPSA) is 49.8 Å². The molecule has 2 aliphatic heterocycles. The summed E-state index contributed by atoms with van der Waals surface area (Å²) in [4.78, 5) is 8.35. The van der Waals surface area contributed by atoms with E-state index in [1.165, 1.54) is 0 Å². The van der Waals surface area contributed by atoms with Crippen LogP contribution in [0.3, 0.4) is 0 Å². The molecule has 3 unspecified atom stereocenters. The zero-order valence-electron chi connectivity index (χ0n) is 13.2. The lowest BCUT2D eigenvalue weighted by Gasteiger charge is -2.24. The second-order valence-corrected chi connectivity index (χ2v) is 5.85. The van der Waals surface area contributed by atoms with Crippen molar-refractivity contribution in [2.24, 2.45) is 4.99 Å². The number of aromatic nitrogens is 1. The number of halogens is 2. The summed E-state index contributed by atoms with van der Waals surface area (Å²) in [5, 5.41) is 2.02. The van der Waals surface area contributed by atoms with Crippen LogP contribution in [0.25, 0.3) is 0 Å². The molecule has 1 saturated heterocycles. The fourth-order valence-corrected chi connectivity index (χ4v) is 3.37. The molecule has 1 aromatic heterocycles. The average molecular weight is 342 g/mol. The summed E-state index contributed by atoms with van der Waals surface area (Å²) in [5.74, 6) is 0.259. The van der Waals surface area contributed by atoms with Gasteiger partial charge in [0.15, 0.2) is 0 Å². The zero-order chi connectivity index (χ0) is 17.2. The van der Waals surface area contributed by atoms with Crippen molar-refractivity contribution in [1.82, 2.24) is 15.4 Å². The van der Waals surface area contributed by atoms with Crippen molar-refractivity contribution in [1.29, 1.82) is 0 Å². The molecule has 3 atom stereocenters. The van der Waals surface area contributed by atoms with Gasteiger partial charge >= 0.3 is 6.61 Å². The maximum Gasteiger partial charge on any atom is 0.387 e. The van der Waals surface area contributed by atoms with Gasteiger partial charge in [-0.05, 0) is 35.4 Å². The molecular weight excluding hydrogens is 326 g/mol. The number of alkyl halides is 2. The predicted molar refractivity (Wildman–Crippen MR) is 89.2 cm³/mol. The van der Waals surface area contributed by atoms with E-state index in [2.05, 4.69) is 20.1 Å². The molecular formula is C18H16F2N4O. The maximum atomic E-state index is 12.3. The molecule has 128 valence electrons. The fourth-order valence-electron chi connectivity index (χ4n) is 3.37. The molecule has 1 N–H and O–H groups in total. The van der Waals surface area contributed by atoms with Crippen molar-refractivity contribution in [3.63, 3.8) is 0 Å². The third kappa shape index (κ3) is 3.10. The molecule has 2 aliphatic rings. The van der Waals surface area contributed by atoms with Crippen LogP contribution < -0.4 is 10.2 Å². The number of pyridine rings is 1. The van der Waals surface area contributed by atoms with Gasteiger partial charge in [0.25, 0.3) is 0 Å². The van der Waals surface area contributed by atoms with Crippen molar-refractivity contribution in [2.45, 2.75) is 24.6 Å². The van der Waals surface area contributed by atoms with Gasteiger partial charge in [-0.1, -0.05) is 12.1 Å². The Morgan fingerprint density at radius 2 is 1.80 bits per heavy atom. The number of benzene rings is 1. The highest BCUT2D eigenvalue weighted by molar-refractivity contribution is 5.69. The Morgan fingerprint density at radius 1 is 1.04 bits per heavy atom. The third-order valence-corrected chi connectivity index (χ3v) is 4.44. The Morgan fingerprint density at radius 3 is 2.52 bits per heavy atom. The van der Waals surface area contributed by atoms with Crippen LogP contribution in [0.1, 0.15) is 23.1 Å². The van der Waals surface area contributed by atoms with Crippen LogP contribution in [0, 0.1) is 0 Å². The predicted octanol–water partition coefficient (Wildman–Crippen LogP) is 3.25. The SMILES string of the molecule is FC(F)Oc1ccc(C2NN3C=CN=CC3C2c2ccncc2)cc1. The Labute approximate surface area is 143 Å². The van der Waals surface area contributed by atoms with Gasteiger partial charge in [-0.15, -0.1) is 0 Å². The quantitative estimate of drug-likeness (QED) is 0.927. The van der Waals surface area contributed by atoms with Crippen LogP contribution >= 0.6 is 0 Å². The fraction of sp³-hybridized carbons (Fsp3) is 0.222. The number of hydrogen-bond acceptors (Lipinski definition) is 5. The van der Waals surface area contributed by atoms with E-state index in [1.807, 2.05) is 41.7 Å². The highest BCUT2D eigenvalue weighted by atomic mass is 19.3. The molecule has 0 saturated carbocycles. The van der Waals surface area contributed by atoms with Gasteiger partial charge in [0.1, 0.15) is 5.75 Å². The van der Waals surface area contributed by atoms with Crippen LogP contribution in [0.4, 0.5) is 8.78 Å². The lowest BCUT2D eigenvalue weighted by atomic mass is 9.84. The molecule has 0 amide bonds. The Bertz CT molecular complexity index is 779. The summed E-state index contributed by atoms with van der Waals surface area (Å²) in [7, 11) is 0. The first-order valence-electron chi connectivity index (χ1n) is 7.91. The average Bonchev–Trinajstić information content (AvgIpc) is 3.02. The summed E-state index contributed by atoms with van der Waals surface area (Å²) in [6.07, 6.45) is 9.07. The standard InChI is InChI=1S/C18H16F2N4O/c19-18(20)25-14-3-1-13(2-4-14)17-16(12-5-7-21-8-6-12)15-11-22-9-10-24(15)23-17/h1-11,15-18,23H. The van der Waals surface area contributed by atoms with Crippen molar-refractivity contribution in [3.05, 3.63) is 72.3 Å². The number of fused-ring (bicyclic) bond motifs is 1. The summed E-state index contributed by atoms with van der Waals surface area (Å²) >= 11 is 0. The van der Waals surface area contributed by atoms with Crippen LogP contribution in [0.5, 0.6) is 5.75 Å². The highest BCUT2D eigenvalue weighted by Crippen LogP contribution is 2.41. The molecule has 25 heavy (non-hydrogen) atoms. The summed E-state index contributed by atoms with van der Waals surface area (Å²) in [6, 6.07) is 10.8. The molecule has 2 aromatic rings. The lowest BCUT2D eigenvalue weighted by molar-refractivity contribution is -0.0498. The van der Waals surface area contributed by atoms with Crippen molar-refractivity contribution in [3.8, 4) is 5.75 Å². The van der Waals surface area contributed by atoms with Crippen LogP contribution in [0.15, 0.2) is 66.2 Å². The monoisotopic (exact) mass is 342 g/mol. The number of aliphatic imine (C=N–C) groups is 1. The van der Waals surface area contributed by atoms with E-state index < -0.39 is 6.61 Å². The van der Waals surface area contributed by atoms with Crippen molar-refractivity contribution >= 4 is 6.21 Å². The first-order chi connectivity index (χ1) is 12.2. The molecule has 5 nitrogen and oxygen atoms in total. The molecule has 1 fully saturated rings. The Balaban J connectivity index is 1.67. The van der Waals surface area contributed by atoms with Crippen LogP contribution in [0.2, 0.25) is 0 Å². The van der Waals surface area contributed by atoms with Gasteiger partial charge in [0.05, 0.1) is 12.1 Å². The minimum Gasteiger partial charge on any atom is -0.435 e. The molecule has 0 spiro atoms. The summed E-state index contributed by atoms with van der Waals surface area (Å²) in [5.41, 5.74) is 5.58. The summed E-state index contributed by atoms with van der Waals surface area (Å²) < 4.78 is 29.1. The number of ether oxygens (including phenoxy) is 1.